The van der Waals surface area contributed by atoms with Crippen molar-refractivity contribution in [2.45, 2.75) is 38.1 Å². The summed E-state index contributed by atoms with van der Waals surface area (Å²) in [5, 5.41) is 0. The number of fused-ring (bicyclic) bond motifs is 1. The molecule has 0 aliphatic heterocycles. The van der Waals surface area contributed by atoms with Gasteiger partial charge in [-0.15, -0.1) is 0 Å². The Bertz CT molecular complexity index is 493. The molecular weight excluding hydrogens is 190 g/mol. The van der Waals surface area contributed by atoms with Crippen LogP contribution in [0.4, 0.5) is 0 Å². The van der Waals surface area contributed by atoms with Crippen molar-refractivity contribution in [2.75, 3.05) is 0 Å². The van der Waals surface area contributed by atoms with Gasteiger partial charge in [0, 0.05) is 17.4 Å². The topological polar surface area (TPSA) is 56.5 Å². The summed E-state index contributed by atoms with van der Waals surface area (Å²) in [7, 11) is 0. The van der Waals surface area contributed by atoms with E-state index in [0.29, 0.717) is 5.84 Å². The van der Waals surface area contributed by atoms with Gasteiger partial charge in [-0.25, -0.2) is 0 Å². The highest BCUT2D eigenvalue weighted by atomic mass is 16.3. The lowest BCUT2D eigenvalue weighted by Gasteiger charge is -2.07. The molecule has 4 heteroatoms. The van der Waals surface area contributed by atoms with Crippen LogP contribution < -0.4 is 5.73 Å². The number of oxazole rings is 1. The molecule has 1 saturated carbocycles. The van der Waals surface area contributed by atoms with Gasteiger partial charge in [0.2, 0.25) is 0 Å². The number of hydrogen-bond acceptors (Lipinski definition) is 3. The molecule has 2 aromatic heterocycles. The van der Waals surface area contributed by atoms with Crippen LogP contribution in [0, 0.1) is 6.92 Å². The first-order valence-electron chi connectivity index (χ1n) is 5.38. The predicted molar refractivity (Wildman–Crippen MR) is 56.7 cm³/mol. The van der Waals surface area contributed by atoms with Crippen molar-refractivity contribution in [2.24, 2.45) is 5.73 Å². The average molecular weight is 205 g/mol. The van der Waals surface area contributed by atoms with Crippen molar-refractivity contribution < 1.29 is 4.42 Å². The molecule has 0 spiro atoms. The highest BCUT2D eigenvalue weighted by molar-refractivity contribution is 5.32. The lowest BCUT2D eigenvalue weighted by atomic mass is 10.1. The van der Waals surface area contributed by atoms with Gasteiger partial charge in [-0.05, 0) is 32.6 Å². The van der Waals surface area contributed by atoms with Crippen molar-refractivity contribution in [1.82, 2.24) is 9.38 Å². The fraction of sp³-hybridized carbons (Fsp3) is 0.545. The molecule has 3 rings (SSSR count). The fourth-order valence-corrected chi connectivity index (χ4v) is 2.02. The van der Waals surface area contributed by atoms with Gasteiger partial charge in [0.25, 0.3) is 0 Å². The maximum Gasteiger partial charge on any atom is 0.306 e. The van der Waals surface area contributed by atoms with E-state index < -0.39 is 0 Å². The van der Waals surface area contributed by atoms with Crippen LogP contribution in [0.5, 0.6) is 0 Å². The second-order valence-corrected chi connectivity index (χ2v) is 4.56. The molecule has 0 atom stereocenters. The van der Waals surface area contributed by atoms with Crippen molar-refractivity contribution in [1.29, 1.82) is 0 Å². The molecule has 4 nitrogen and oxygen atoms in total. The van der Waals surface area contributed by atoms with Crippen LogP contribution in [-0.2, 0) is 6.42 Å². The minimum absolute atomic E-state index is 0.111. The molecule has 1 aliphatic carbocycles. The smallest absolute Gasteiger partial charge is 0.306 e. The Morgan fingerprint density at radius 2 is 2.40 bits per heavy atom. The third-order valence-corrected chi connectivity index (χ3v) is 3.31. The van der Waals surface area contributed by atoms with E-state index in [1.165, 1.54) is 18.5 Å². The summed E-state index contributed by atoms with van der Waals surface area (Å²) in [6, 6.07) is 0. The minimum Gasteiger partial charge on any atom is -0.432 e. The second kappa shape index (κ2) is 2.85. The first kappa shape index (κ1) is 8.97. The summed E-state index contributed by atoms with van der Waals surface area (Å²) in [5.41, 5.74) is 8.48. The number of aryl methyl sites for hydroxylation is 2. The van der Waals surface area contributed by atoms with Gasteiger partial charge >= 0.3 is 5.84 Å². The monoisotopic (exact) mass is 205 g/mol. The Labute approximate surface area is 88.1 Å². The zero-order chi connectivity index (χ0) is 10.5. The molecule has 0 unspecified atom stereocenters. The zero-order valence-corrected chi connectivity index (χ0v) is 8.86. The Morgan fingerprint density at radius 1 is 1.60 bits per heavy atom. The maximum absolute atomic E-state index is 6.08. The van der Waals surface area contributed by atoms with Gasteiger partial charge in [0.15, 0.2) is 0 Å². The van der Waals surface area contributed by atoms with Crippen LogP contribution in [0.1, 0.15) is 30.7 Å². The Hall–Kier alpha value is -1.29. The van der Waals surface area contributed by atoms with E-state index in [9.17, 15) is 0 Å². The molecule has 0 aromatic carbocycles. The molecule has 2 heterocycles. The highest BCUT2D eigenvalue weighted by Gasteiger charge is 2.37. The normalized spacial score (nSPS) is 18.5. The van der Waals surface area contributed by atoms with E-state index in [0.717, 1.165) is 18.5 Å². The van der Waals surface area contributed by atoms with Gasteiger partial charge in [-0.1, -0.05) is 0 Å². The molecular formula is C11H15N3O. The number of nitrogens with two attached hydrogens (primary N) is 1. The molecule has 15 heavy (non-hydrogen) atoms. The van der Waals surface area contributed by atoms with Crippen LogP contribution in [0.15, 0.2) is 16.9 Å². The quantitative estimate of drug-likeness (QED) is 0.829. The third-order valence-electron chi connectivity index (χ3n) is 3.31. The highest BCUT2D eigenvalue weighted by Crippen LogP contribution is 2.36. The Morgan fingerprint density at radius 3 is 3.13 bits per heavy atom. The fourth-order valence-electron chi connectivity index (χ4n) is 2.02. The molecule has 1 fully saturated rings. The molecule has 2 aromatic rings. The van der Waals surface area contributed by atoms with E-state index in [4.69, 9.17) is 10.2 Å². The summed E-state index contributed by atoms with van der Waals surface area (Å²) in [4.78, 5) is 4.35. The lowest BCUT2D eigenvalue weighted by Crippen LogP contribution is -2.22. The molecule has 0 bridgehead atoms. The molecule has 0 amide bonds. The van der Waals surface area contributed by atoms with Gasteiger partial charge in [0.1, 0.15) is 6.26 Å². The standard InChI is InChI=1S/C11H15N3O/c1-8-9(2-3-11(12)4-5-11)14-6-7-15-10(14)13-8/h6-7H,2-5,12H2,1H3. The van der Waals surface area contributed by atoms with Gasteiger partial charge in [-0.2, -0.15) is 4.98 Å². The number of rotatable bonds is 3. The second-order valence-electron chi connectivity index (χ2n) is 4.56. The maximum atomic E-state index is 6.08. The first-order valence-corrected chi connectivity index (χ1v) is 5.38. The molecule has 0 saturated heterocycles. The van der Waals surface area contributed by atoms with Gasteiger partial charge < -0.3 is 10.2 Å². The van der Waals surface area contributed by atoms with E-state index in [2.05, 4.69) is 4.98 Å². The van der Waals surface area contributed by atoms with Crippen LogP contribution in [0.3, 0.4) is 0 Å². The predicted octanol–water partition coefficient (Wildman–Crippen LogP) is 1.66. The van der Waals surface area contributed by atoms with Crippen LogP contribution in [0.2, 0.25) is 0 Å². The summed E-state index contributed by atoms with van der Waals surface area (Å²) < 4.78 is 7.26. The average Bonchev–Trinajstić information content (AvgIpc) is 2.65. The van der Waals surface area contributed by atoms with Crippen molar-refractivity contribution in [3.05, 3.63) is 23.8 Å². The number of aromatic nitrogens is 2. The molecule has 0 radical (unpaired) electrons. The summed E-state index contributed by atoms with van der Waals surface area (Å²) in [5.74, 6) is 0.685. The largest absolute Gasteiger partial charge is 0.432 e. The molecule has 2 N–H and O–H groups in total. The van der Waals surface area contributed by atoms with E-state index in [1.54, 1.807) is 6.26 Å². The van der Waals surface area contributed by atoms with Crippen molar-refractivity contribution in [3.63, 3.8) is 0 Å². The minimum atomic E-state index is 0.111. The Kier molecular flexibility index (Phi) is 1.71. The van der Waals surface area contributed by atoms with Crippen molar-refractivity contribution >= 4 is 5.84 Å². The SMILES string of the molecule is Cc1nc2occn2c1CCC1(N)CC1. The summed E-state index contributed by atoms with van der Waals surface area (Å²) in [6.07, 6.45) is 7.95. The number of hydrogen-bond donors (Lipinski definition) is 1. The lowest BCUT2D eigenvalue weighted by molar-refractivity contribution is 0.590. The van der Waals surface area contributed by atoms with Crippen LogP contribution in [-0.4, -0.2) is 14.9 Å². The van der Waals surface area contributed by atoms with E-state index in [1.807, 2.05) is 17.5 Å². The molecule has 1 aliphatic rings. The summed E-state index contributed by atoms with van der Waals surface area (Å²) >= 11 is 0. The van der Waals surface area contributed by atoms with E-state index in [-0.39, 0.29) is 5.54 Å². The molecule has 80 valence electrons. The van der Waals surface area contributed by atoms with Crippen LogP contribution >= 0.6 is 0 Å². The van der Waals surface area contributed by atoms with E-state index >= 15 is 0 Å². The summed E-state index contributed by atoms with van der Waals surface area (Å²) in [6.45, 7) is 2.02. The number of nitrogens with zero attached hydrogens (tertiary/aromatic N) is 2. The van der Waals surface area contributed by atoms with Crippen molar-refractivity contribution in [3.8, 4) is 0 Å². The zero-order valence-electron chi connectivity index (χ0n) is 8.86. The van der Waals surface area contributed by atoms with Crippen LogP contribution in [0.25, 0.3) is 5.84 Å². The third kappa shape index (κ3) is 1.45. The Balaban J connectivity index is 1.88. The van der Waals surface area contributed by atoms with Gasteiger partial charge in [-0.3, -0.25) is 4.40 Å². The first-order chi connectivity index (χ1) is 7.18. The van der Waals surface area contributed by atoms with Gasteiger partial charge in [0.05, 0.1) is 5.69 Å². The number of imidazole rings is 1.